The van der Waals surface area contributed by atoms with Crippen LogP contribution in [-0.2, 0) is 65.4 Å². The van der Waals surface area contributed by atoms with E-state index in [9.17, 15) is 43.2 Å². The largest absolute Gasteiger partial charge is 0.472 e. The quantitative estimate of drug-likeness (QED) is 0.0169. The van der Waals surface area contributed by atoms with Gasteiger partial charge < -0.3 is 33.8 Å². The van der Waals surface area contributed by atoms with Crippen LogP contribution in [0.25, 0.3) is 0 Å². The van der Waals surface area contributed by atoms with E-state index in [1.807, 2.05) is 12.2 Å². The number of phosphoric ester groups is 2. The summed E-state index contributed by atoms with van der Waals surface area (Å²) >= 11 is 0. The molecule has 5 unspecified atom stereocenters. The lowest BCUT2D eigenvalue weighted by Gasteiger charge is -2.21. The van der Waals surface area contributed by atoms with Gasteiger partial charge in [0.1, 0.15) is 19.3 Å². The molecule has 0 fully saturated rings. The zero-order chi connectivity index (χ0) is 81.7. The summed E-state index contributed by atoms with van der Waals surface area (Å²) in [7, 11) is -10.0. The fourth-order valence-electron chi connectivity index (χ4n) is 10.5. The predicted octanol–water partition coefficient (Wildman–Crippen LogP) is 25.4. The number of phosphoric acid groups is 2. The molecule has 17 nitrogen and oxygen atoms in total. The summed E-state index contributed by atoms with van der Waals surface area (Å²) < 4.78 is 68.7. The highest BCUT2D eigenvalue weighted by atomic mass is 31.2. The van der Waals surface area contributed by atoms with Crippen LogP contribution in [0.1, 0.15) is 297 Å². The molecule has 0 bridgehead atoms. The van der Waals surface area contributed by atoms with Gasteiger partial charge in [0.2, 0.25) is 0 Å². The van der Waals surface area contributed by atoms with E-state index in [0.717, 1.165) is 212 Å². The highest BCUT2D eigenvalue weighted by molar-refractivity contribution is 7.47. The van der Waals surface area contributed by atoms with Gasteiger partial charge in [0.05, 0.1) is 26.4 Å². The van der Waals surface area contributed by atoms with Gasteiger partial charge in [-0.1, -0.05) is 298 Å². The molecule has 0 heterocycles. The van der Waals surface area contributed by atoms with Crippen LogP contribution in [-0.4, -0.2) is 96.7 Å². The molecule has 19 heteroatoms. The van der Waals surface area contributed by atoms with E-state index >= 15 is 0 Å². The molecule has 0 saturated heterocycles. The molecule has 0 aliphatic carbocycles. The van der Waals surface area contributed by atoms with Crippen LogP contribution in [0.5, 0.6) is 0 Å². The number of ether oxygens (including phenoxy) is 4. The maximum absolute atomic E-state index is 13.1. The first-order valence-corrected chi connectivity index (χ1v) is 45.3. The van der Waals surface area contributed by atoms with Crippen molar-refractivity contribution in [2.24, 2.45) is 0 Å². The molecule has 0 saturated carbocycles. The molecule has 0 aromatic heterocycles. The second-order valence-corrected chi connectivity index (χ2v) is 30.1. The third-order valence-corrected chi connectivity index (χ3v) is 18.6. The lowest BCUT2D eigenvalue weighted by atomic mass is 10.1. The summed E-state index contributed by atoms with van der Waals surface area (Å²) in [6, 6.07) is 0. The second-order valence-electron chi connectivity index (χ2n) is 27.2. The van der Waals surface area contributed by atoms with E-state index in [1.165, 1.54) is 0 Å². The van der Waals surface area contributed by atoms with Crippen molar-refractivity contribution in [3.05, 3.63) is 207 Å². The Hall–Kier alpha value is -6.36. The maximum atomic E-state index is 13.1. The summed E-state index contributed by atoms with van der Waals surface area (Å²) in [6.07, 6.45) is 104. The summed E-state index contributed by atoms with van der Waals surface area (Å²) in [5, 5.41) is 10.7. The Bertz CT molecular complexity index is 2940. The summed E-state index contributed by atoms with van der Waals surface area (Å²) in [4.78, 5) is 73.3. The highest BCUT2D eigenvalue weighted by Gasteiger charge is 2.30. The van der Waals surface area contributed by atoms with E-state index in [4.69, 9.17) is 37.0 Å². The lowest BCUT2D eigenvalue weighted by Crippen LogP contribution is -2.30. The van der Waals surface area contributed by atoms with Gasteiger partial charge in [-0.15, -0.1) is 0 Å². The molecule has 3 N–H and O–H groups in total. The third-order valence-electron chi connectivity index (χ3n) is 16.7. The first kappa shape index (κ1) is 106. The summed E-state index contributed by atoms with van der Waals surface area (Å²) in [5.41, 5.74) is 0. The van der Waals surface area contributed by atoms with Gasteiger partial charge in [-0.3, -0.25) is 37.3 Å². The zero-order valence-electron chi connectivity index (χ0n) is 69.3. The van der Waals surface area contributed by atoms with Crippen molar-refractivity contribution in [2.45, 2.75) is 316 Å². The minimum Gasteiger partial charge on any atom is -0.462 e. The van der Waals surface area contributed by atoms with Crippen molar-refractivity contribution in [3.8, 4) is 0 Å². The number of rotatable bonds is 77. The highest BCUT2D eigenvalue weighted by Crippen LogP contribution is 2.45. The van der Waals surface area contributed by atoms with Crippen LogP contribution in [0.3, 0.4) is 0 Å². The van der Waals surface area contributed by atoms with Crippen molar-refractivity contribution < 1.29 is 80.2 Å². The molecular formula is C93H148O17P2. The number of esters is 4. The molecule has 0 aliphatic rings. The van der Waals surface area contributed by atoms with Gasteiger partial charge in [-0.05, 0) is 180 Å². The first-order valence-electron chi connectivity index (χ1n) is 42.3. The van der Waals surface area contributed by atoms with E-state index in [1.54, 1.807) is 0 Å². The fourth-order valence-corrected chi connectivity index (χ4v) is 12.0. The molecule has 0 aromatic carbocycles. The van der Waals surface area contributed by atoms with Crippen molar-refractivity contribution in [1.29, 1.82) is 0 Å². The average Bonchev–Trinajstić information content (AvgIpc) is 0.895. The Labute approximate surface area is 678 Å². The number of unbranched alkanes of at least 4 members (excludes halogenated alkanes) is 17. The standard InChI is InChI=1S/C93H148O17P2/c1-5-9-13-17-21-25-29-33-37-41-43-47-49-53-57-61-65-69-73-77-90(95)103-83-88(109-92(97)79-75-71-67-63-59-55-51-45-39-35-31-27-23-19-15-11-7-3)85-107-111(99,100)105-81-87(94)82-106-112(101,102)108-86-89(110-93(98)80-76-72-68-64-60-56-52-46-40-36-32-28-24-20-16-12-8-4)84-104-91(96)78-74-70-66-62-58-54-50-48-44-42-38-34-30-26-22-18-14-10-6-2/h9-16,21-28,33-40,43-44,47-48,51,54-55,58,63,67,87-89,94H,5-8,17-20,29-32,41-42,45-46,49-50,52-53,56-57,59-62,64-66,68-86H2,1-4H3,(H,99,100)(H,101,102)/b13-9-,14-10-,15-11-,16-12-,25-21-,26-22-,27-23-,28-24-,37-33-,38-34-,39-35-,40-36-,47-43-,48-44-,55-51-,58-54-,67-63-. The monoisotopic (exact) mass is 1600 g/mol. The van der Waals surface area contributed by atoms with Gasteiger partial charge >= 0.3 is 39.5 Å². The summed E-state index contributed by atoms with van der Waals surface area (Å²) in [6.45, 7) is 4.29. The molecule has 0 radical (unpaired) electrons. The van der Waals surface area contributed by atoms with E-state index < -0.39 is 97.5 Å². The zero-order valence-corrected chi connectivity index (χ0v) is 71.0. The Morgan fingerprint density at radius 1 is 0.250 bits per heavy atom. The maximum Gasteiger partial charge on any atom is 0.472 e. The van der Waals surface area contributed by atoms with Gasteiger partial charge in [-0.2, -0.15) is 0 Å². The number of allylic oxidation sites excluding steroid dienone is 34. The third kappa shape index (κ3) is 81.6. The number of carbonyl (C=O) groups excluding carboxylic acids is 4. The van der Waals surface area contributed by atoms with Crippen LogP contribution in [0.15, 0.2) is 207 Å². The smallest absolute Gasteiger partial charge is 0.462 e. The van der Waals surface area contributed by atoms with E-state index in [-0.39, 0.29) is 25.7 Å². The molecule has 0 spiro atoms. The Kier molecular flexibility index (Phi) is 77.9. The molecule has 0 rings (SSSR count). The van der Waals surface area contributed by atoms with Crippen LogP contribution >= 0.6 is 15.6 Å². The molecule has 0 aliphatic heterocycles. The number of aliphatic hydroxyl groups is 1. The van der Waals surface area contributed by atoms with Crippen LogP contribution in [0.2, 0.25) is 0 Å². The number of hydrogen-bond acceptors (Lipinski definition) is 15. The topological polar surface area (TPSA) is 237 Å². The number of carbonyl (C=O) groups is 4. The lowest BCUT2D eigenvalue weighted by molar-refractivity contribution is -0.161. The minimum atomic E-state index is -5.02. The van der Waals surface area contributed by atoms with Crippen molar-refractivity contribution >= 4 is 39.5 Å². The van der Waals surface area contributed by atoms with Crippen molar-refractivity contribution in [1.82, 2.24) is 0 Å². The Morgan fingerprint density at radius 3 is 0.714 bits per heavy atom. The molecule has 112 heavy (non-hydrogen) atoms. The van der Waals surface area contributed by atoms with Crippen LogP contribution in [0, 0.1) is 0 Å². The fraction of sp³-hybridized carbons (Fsp3) is 0.591. The first-order chi connectivity index (χ1) is 54.7. The SMILES string of the molecule is CC/C=C\C/C=C\C/C=C\C/C=C\C/C=C\CCCCCC(=O)OCC(COP(=O)(O)OCC(O)COP(=O)(O)OCC(COC(=O)CCCCCCCC/C=C\C/C=C\C/C=C\C/C=C\CC)OC(=O)CCC/C=C\C/C=C\C/C=C\C/C=C\C/C=C\CC)OC(=O)CCCCCCCCC/C=C\C/C=C\C/C=C\CC. The van der Waals surface area contributed by atoms with Gasteiger partial charge in [0, 0.05) is 25.7 Å². The molecule has 0 aromatic rings. The Morgan fingerprint density at radius 2 is 0.446 bits per heavy atom. The number of hydrogen-bond donors (Lipinski definition) is 3. The second kappa shape index (κ2) is 82.6. The van der Waals surface area contributed by atoms with Crippen LogP contribution in [0.4, 0.5) is 0 Å². The molecule has 632 valence electrons. The molecule has 5 atom stereocenters. The normalized spacial score (nSPS) is 14.8. The molecular weight excluding hydrogens is 1450 g/mol. The summed E-state index contributed by atoms with van der Waals surface area (Å²) in [5.74, 6) is -2.32. The molecule has 0 amide bonds. The Balaban J connectivity index is 5.51. The van der Waals surface area contributed by atoms with Gasteiger partial charge in [0.25, 0.3) is 0 Å². The van der Waals surface area contributed by atoms with Crippen molar-refractivity contribution in [2.75, 3.05) is 39.6 Å². The average molecular weight is 1600 g/mol. The van der Waals surface area contributed by atoms with Gasteiger partial charge in [0.15, 0.2) is 12.2 Å². The van der Waals surface area contributed by atoms with Crippen molar-refractivity contribution in [3.63, 3.8) is 0 Å². The minimum absolute atomic E-state index is 0.00417. The van der Waals surface area contributed by atoms with E-state index in [2.05, 4.69) is 222 Å². The number of aliphatic hydroxyl groups excluding tert-OH is 1. The van der Waals surface area contributed by atoms with Crippen LogP contribution < -0.4 is 0 Å². The predicted molar refractivity (Wildman–Crippen MR) is 463 cm³/mol. The van der Waals surface area contributed by atoms with Gasteiger partial charge in [-0.25, -0.2) is 9.13 Å². The van der Waals surface area contributed by atoms with E-state index in [0.29, 0.717) is 32.1 Å².